The van der Waals surface area contributed by atoms with E-state index in [1.165, 1.54) is 11.9 Å². The zero-order valence-corrected chi connectivity index (χ0v) is 18.6. The first-order valence-corrected chi connectivity index (χ1v) is 10.2. The molecule has 9 nitrogen and oxygen atoms in total. The fourth-order valence-electron chi connectivity index (χ4n) is 3.54. The highest BCUT2D eigenvalue weighted by Crippen LogP contribution is 2.21. The number of amides is 3. The van der Waals surface area contributed by atoms with Gasteiger partial charge in [0.15, 0.2) is 0 Å². The van der Waals surface area contributed by atoms with E-state index in [1.807, 2.05) is 42.5 Å². The van der Waals surface area contributed by atoms with E-state index in [-0.39, 0.29) is 5.91 Å². The van der Waals surface area contributed by atoms with Crippen molar-refractivity contribution < 1.29 is 18.9 Å². The van der Waals surface area contributed by atoms with Crippen molar-refractivity contribution in [3.8, 4) is 5.75 Å². The summed E-state index contributed by atoms with van der Waals surface area (Å²) in [5.41, 5.74) is 4.67. The number of fused-ring (bicyclic) bond motifs is 1. The van der Waals surface area contributed by atoms with Gasteiger partial charge in [0.05, 0.1) is 19.9 Å². The normalized spacial score (nSPS) is 18.4. The van der Waals surface area contributed by atoms with Crippen molar-refractivity contribution in [2.75, 3.05) is 21.2 Å². The standard InChI is InChI=1S/C22H21ClN6O3/c1-27-19-18(20(30)28(2)22(27)31)29(13-15-5-4-6-16(23)11-15)21(25-19)26-24-12-14-7-9-17(32-3)10-8-14/h4-12,18H,13H2,1-3H3/p+1/b24-12+. The van der Waals surface area contributed by atoms with Gasteiger partial charge in [0, 0.05) is 19.1 Å². The monoisotopic (exact) mass is 453 g/mol. The number of likely N-dealkylation sites (N-methyl/N-ethyl adjacent to an activating group) is 2. The Morgan fingerprint density at radius 2 is 1.94 bits per heavy atom. The Morgan fingerprint density at radius 3 is 2.62 bits per heavy atom. The van der Waals surface area contributed by atoms with Crippen LogP contribution in [0.4, 0.5) is 4.79 Å². The maximum atomic E-state index is 13.0. The summed E-state index contributed by atoms with van der Waals surface area (Å²) in [5.74, 6) is 1.10. The first-order valence-electron chi connectivity index (χ1n) is 9.84. The van der Waals surface area contributed by atoms with Gasteiger partial charge in [-0.2, -0.15) is 5.43 Å². The van der Waals surface area contributed by atoms with Crippen LogP contribution in [0.25, 0.3) is 0 Å². The highest BCUT2D eigenvalue weighted by molar-refractivity contribution is 6.30. The van der Waals surface area contributed by atoms with Crippen LogP contribution in [0.1, 0.15) is 11.1 Å². The van der Waals surface area contributed by atoms with Gasteiger partial charge in [-0.15, -0.1) is 5.10 Å². The predicted molar refractivity (Wildman–Crippen MR) is 121 cm³/mol. The van der Waals surface area contributed by atoms with Crippen molar-refractivity contribution in [1.82, 2.24) is 15.2 Å². The second-order valence-electron chi connectivity index (χ2n) is 7.34. The van der Waals surface area contributed by atoms with Crippen LogP contribution in [0.2, 0.25) is 5.02 Å². The molecule has 2 aromatic rings. The zero-order valence-electron chi connectivity index (χ0n) is 17.8. The molecule has 2 aliphatic heterocycles. The number of carbonyl (C=O) groups is 2. The van der Waals surface area contributed by atoms with Crippen LogP contribution < -0.4 is 10.2 Å². The Kier molecular flexibility index (Phi) is 5.91. The molecule has 2 heterocycles. The van der Waals surface area contributed by atoms with Crippen molar-refractivity contribution >= 4 is 41.5 Å². The lowest BCUT2D eigenvalue weighted by molar-refractivity contribution is -0.553. The van der Waals surface area contributed by atoms with Crippen LogP contribution in [0.15, 0.2) is 58.6 Å². The predicted octanol–water partition coefficient (Wildman–Crippen LogP) is 2.15. The van der Waals surface area contributed by atoms with E-state index in [0.717, 1.165) is 21.8 Å². The number of amidine groups is 1. The molecule has 4 rings (SSSR count). The molecular weight excluding hydrogens is 432 g/mol. The highest BCUT2D eigenvalue weighted by Gasteiger charge is 2.51. The van der Waals surface area contributed by atoms with Crippen molar-refractivity contribution in [1.29, 1.82) is 0 Å². The van der Waals surface area contributed by atoms with Gasteiger partial charge in [-0.25, -0.2) is 9.37 Å². The molecule has 10 heteroatoms. The Labute approximate surface area is 190 Å². The van der Waals surface area contributed by atoms with Gasteiger partial charge in [0.25, 0.3) is 5.91 Å². The summed E-state index contributed by atoms with van der Waals surface area (Å²) in [6.07, 6.45) is 1.63. The average Bonchev–Trinajstić information content (AvgIpc) is 3.15. The highest BCUT2D eigenvalue weighted by atomic mass is 35.5. The number of aliphatic imine (C=N–C) groups is 1. The summed E-state index contributed by atoms with van der Waals surface area (Å²) in [4.78, 5) is 32.4. The number of imide groups is 1. The number of hydrogen-bond donors (Lipinski definition) is 1. The van der Waals surface area contributed by atoms with Crippen LogP contribution in [0.5, 0.6) is 5.75 Å². The lowest BCUT2D eigenvalue weighted by Crippen LogP contribution is -2.61. The number of nitrogens with zero attached hydrogens (tertiary/aromatic N) is 5. The number of rotatable bonds is 5. The average molecular weight is 454 g/mol. The number of methoxy groups -OCH3 is 1. The number of hydrogen-bond acceptors (Lipinski definition) is 6. The summed E-state index contributed by atoms with van der Waals surface area (Å²) in [5, 5.41) is 4.87. The Bertz CT molecular complexity index is 1160. The van der Waals surface area contributed by atoms with Gasteiger partial charge < -0.3 is 4.74 Å². The van der Waals surface area contributed by atoms with E-state index in [4.69, 9.17) is 16.3 Å². The second kappa shape index (κ2) is 8.80. The van der Waals surface area contributed by atoms with Crippen molar-refractivity contribution in [2.24, 2.45) is 10.1 Å². The zero-order chi connectivity index (χ0) is 22.8. The van der Waals surface area contributed by atoms with Crippen molar-refractivity contribution in [3.63, 3.8) is 0 Å². The maximum absolute atomic E-state index is 13.0. The quantitative estimate of drug-likeness (QED) is 0.426. The lowest BCUT2D eigenvalue weighted by atomic mass is 10.1. The number of ether oxygens (including phenoxy) is 1. The van der Waals surface area contributed by atoms with Gasteiger partial charge in [0.1, 0.15) is 5.75 Å². The topological polar surface area (TPSA) is 89.6 Å². The summed E-state index contributed by atoms with van der Waals surface area (Å²) >= 11 is 6.14. The Hall–Kier alpha value is -3.72. The van der Waals surface area contributed by atoms with Gasteiger partial charge in [-0.05, 0) is 47.5 Å². The minimum absolute atomic E-state index is 0.347. The summed E-state index contributed by atoms with van der Waals surface area (Å²) < 4.78 is 6.93. The van der Waals surface area contributed by atoms with Crippen LogP contribution in [0, 0.1) is 0 Å². The molecule has 3 amide bonds. The molecule has 2 aromatic carbocycles. The largest absolute Gasteiger partial charge is 0.497 e. The van der Waals surface area contributed by atoms with E-state index in [2.05, 4.69) is 15.5 Å². The molecule has 1 saturated heterocycles. The summed E-state index contributed by atoms with van der Waals surface area (Å²) in [6, 6.07) is 13.6. The minimum atomic E-state index is -0.750. The molecular formula is C22H22ClN6O3+. The number of benzene rings is 2. The number of halogens is 1. The first-order chi connectivity index (χ1) is 15.4. The maximum Gasteiger partial charge on any atom is 0.414 e. The summed E-state index contributed by atoms with van der Waals surface area (Å²) in [7, 11) is 4.66. The molecule has 0 aromatic heterocycles. The van der Waals surface area contributed by atoms with Crippen LogP contribution in [-0.4, -0.2) is 71.6 Å². The molecule has 1 fully saturated rings. The molecule has 0 radical (unpaired) electrons. The van der Waals surface area contributed by atoms with Crippen molar-refractivity contribution in [3.05, 3.63) is 64.7 Å². The number of carbonyl (C=O) groups excluding carboxylic acids is 2. The smallest absolute Gasteiger partial charge is 0.414 e. The molecule has 0 bridgehead atoms. The minimum Gasteiger partial charge on any atom is -0.497 e. The van der Waals surface area contributed by atoms with Gasteiger partial charge in [0.2, 0.25) is 11.9 Å². The molecule has 0 aliphatic carbocycles. The van der Waals surface area contributed by atoms with E-state index in [1.54, 1.807) is 31.0 Å². The van der Waals surface area contributed by atoms with E-state index in [0.29, 0.717) is 23.4 Å². The molecule has 1 atom stereocenters. The fraction of sp³-hybridized carbons (Fsp3) is 0.227. The number of guanidine groups is 1. The molecule has 1 unspecified atom stereocenters. The molecule has 0 saturated carbocycles. The van der Waals surface area contributed by atoms with Gasteiger partial charge >= 0.3 is 12.0 Å². The third kappa shape index (κ3) is 4.06. The summed E-state index contributed by atoms with van der Waals surface area (Å²) in [6.45, 7) is 0.347. The number of nitrogens with one attached hydrogen (secondary N) is 1. The molecule has 2 aliphatic rings. The number of hydrazone groups is 1. The molecule has 1 N–H and O–H groups in total. The molecule has 0 spiro atoms. The SMILES string of the molecule is COc1ccc(/C=N/NC2=[N+](Cc3cccc(Cl)c3)C3C(=O)N(C)C(=O)N(C)C3=N2)cc1. The Balaban J connectivity index is 1.66. The van der Waals surface area contributed by atoms with E-state index >= 15 is 0 Å². The third-order valence-electron chi connectivity index (χ3n) is 5.27. The third-order valence-corrected chi connectivity index (χ3v) is 5.50. The Morgan fingerprint density at radius 1 is 1.19 bits per heavy atom. The van der Waals surface area contributed by atoms with E-state index in [9.17, 15) is 9.59 Å². The first kappa shape index (κ1) is 21.5. The van der Waals surface area contributed by atoms with Crippen LogP contribution in [0.3, 0.4) is 0 Å². The van der Waals surface area contributed by atoms with E-state index < -0.39 is 12.1 Å². The molecule has 32 heavy (non-hydrogen) atoms. The molecule has 164 valence electrons. The van der Waals surface area contributed by atoms with Crippen LogP contribution >= 0.6 is 11.6 Å². The number of urea groups is 1. The fourth-order valence-corrected chi connectivity index (χ4v) is 3.75. The lowest BCUT2D eigenvalue weighted by Gasteiger charge is -2.31. The van der Waals surface area contributed by atoms with Crippen molar-refractivity contribution in [2.45, 2.75) is 12.6 Å². The van der Waals surface area contributed by atoms with Gasteiger partial charge in [-0.1, -0.05) is 28.7 Å². The van der Waals surface area contributed by atoms with Gasteiger partial charge in [-0.3, -0.25) is 14.6 Å². The van der Waals surface area contributed by atoms with Crippen LogP contribution in [-0.2, 0) is 11.3 Å². The second-order valence-corrected chi connectivity index (χ2v) is 7.77.